The number of benzene rings is 3. The highest BCUT2D eigenvalue weighted by atomic mass is 19.1. The van der Waals surface area contributed by atoms with Crippen LogP contribution in [0.15, 0.2) is 72.3 Å². The lowest BCUT2D eigenvalue weighted by molar-refractivity contribution is -0.114. The molecule has 164 valence electrons. The number of rotatable bonds is 5. The van der Waals surface area contributed by atoms with E-state index in [1.807, 2.05) is 30.3 Å². The second-order valence-electron chi connectivity index (χ2n) is 7.31. The second kappa shape index (κ2) is 9.37. The molecule has 0 atom stereocenters. The monoisotopic (exact) mass is 442 g/mol. The van der Waals surface area contributed by atoms with Crippen LogP contribution >= 0.6 is 0 Å². The number of nitrogens with zero attached hydrogens (tertiary/aromatic N) is 2. The highest BCUT2D eigenvalue weighted by Gasteiger charge is 2.26. The number of halogens is 1. The first-order valence-corrected chi connectivity index (χ1v) is 10.2. The molecule has 0 unspecified atom stereocenters. The molecule has 7 heteroatoms. The van der Waals surface area contributed by atoms with Crippen LogP contribution in [0.4, 0.5) is 10.1 Å². The van der Waals surface area contributed by atoms with E-state index in [4.69, 9.17) is 9.47 Å². The smallest absolute Gasteiger partial charge is 0.343 e. The largest absolute Gasteiger partial charge is 0.493 e. The molecule has 1 amide bonds. The van der Waals surface area contributed by atoms with Crippen LogP contribution in [0.25, 0.3) is 6.08 Å². The second-order valence-corrected chi connectivity index (χ2v) is 7.31. The van der Waals surface area contributed by atoms with Gasteiger partial charge in [-0.1, -0.05) is 24.3 Å². The van der Waals surface area contributed by atoms with Crippen molar-refractivity contribution in [2.45, 2.75) is 6.42 Å². The van der Waals surface area contributed by atoms with Gasteiger partial charge in [-0.25, -0.2) is 9.18 Å². The Hall–Kier alpha value is -4.44. The molecule has 0 aromatic heterocycles. The minimum Gasteiger partial charge on any atom is -0.493 e. The van der Waals surface area contributed by atoms with Crippen molar-refractivity contribution in [2.24, 2.45) is 0 Å². The van der Waals surface area contributed by atoms with E-state index in [0.717, 1.165) is 17.7 Å². The summed E-state index contributed by atoms with van der Waals surface area (Å²) in [5.74, 6) is -1.11. The number of amides is 1. The van der Waals surface area contributed by atoms with Crippen molar-refractivity contribution >= 4 is 23.6 Å². The quantitative estimate of drug-likeness (QED) is 0.251. The van der Waals surface area contributed by atoms with E-state index in [1.54, 1.807) is 17.0 Å². The number of esters is 1. The summed E-state index contributed by atoms with van der Waals surface area (Å²) in [6.45, 7) is 0.513. The van der Waals surface area contributed by atoms with E-state index in [1.165, 1.54) is 43.5 Å². The predicted molar refractivity (Wildman–Crippen MR) is 120 cm³/mol. The lowest BCUT2D eigenvalue weighted by atomic mass is 10.1. The third-order valence-corrected chi connectivity index (χ3v) is 5.26. The molecule has 3 aromatic carbocycles. The van der Waals surface area contributed by atoms with Crippen LogP contribution in [0.5, 0.6) is 11.5 Å². The Morgan fingerprint density at radius 3 is 2.55 bits per heavy atom. The lowest BCUT2D eigenvalue weighted by Gasteiger charge is -2.16. The Morgan fingerprint density at radius 2 is 1.82 bits per heavy atom. The highest BCUT2D eigenvalue weighted by Crippen LogP contribution is 2.31. The summed E-state index contributed by atoms with van der Waals surface area (Å²) in [5.41, 5.74) is 2.57. The molecule has 33 heavy (non-hydrogen) atoms. The maximum Gasteiger partial charge on any atom is 0.343 e. The third kappa shape index (κ3) is 4.60. The fourth-order valence-corrected chi connectivity index (χ4v) is 3.61. The fourth-order valence-electron chi connectivity index (χ4n) is 3.61. The van der Waals surface area contributed by atoms with E-state index < -0.39 is 11.8 Å². The van der Waals surface area contributed by atoms with Gasteiger partial charge >= 0.3 is 5.97 Å². The van der Waals surface area contributed by atoms with Crippen LogP contribution in [0.1, 0.15) is 21.5 Å². The predicted octanol–water partition coefficient (Wildman–Crippen LogP) is 4.55. The summed E-state index contributed by atoms with van der Waals surface area (Å²) in [7, 11) is 1.41. The van der Waals surface area contributed by atoms with Crippen molar-refractivity contribution < 1.29 is 23.5 Å². The molecule has 0 aliphatic carbocycles. The third-order valence-electron chi connectivity index (χ3n) is 5.26. The minimum atomic E-state index is -0.669. The van der Waals surface area contributed by atoms with E-state index in [9.17, 15) is 19.2 Å². The number of hydrogen-bond acceptors (Lipinski definition) is 5. The van der Waals surface area contributed by atoms with Gasteiger partial charge in [0.15, 0.2) is 11.5 Å². The summed E-state index contributed by atoms with van der Waals surface area (Å²) in [6, 6.07) is 19.3. The first-order chi connectivity index (χ1) is 16.0. The molecule has 1 aliphatic rings. The fraction of sp³-hybridized carbons (Fsp3) is 0.115. The minimum absolute atomic E-state index is 0.0233. The molecule has 4 rings (SSSR count). The van der Waals surface area contributed by atoms with Gasteiger partial charge in [0.05, 0.1) is 12.7 Å². The van der Waals surface area contributed by atoms with Crippen molar-refractivity contribution in [2.75, 3.05) is 18.6 Å². The van der Waals surface area contributed by atoms with Gasteiger partial charge in [-0.05, 0) is 66.1 Å². The van der Waals surface area contributed by atoms with Gasteiger partial charge < -0.3 is 14.4 Å². The number of methoxy groups -OCH3 is 1. The summed E-state index contributed by atoms with van der Waals surface area (Å²) < 4.78 is 23.8. The van der Waals surface area contributed by atoms with Crippen molar-refractivity contribution in [1.82, 2.24) is 0 Å². The number of ether oxygens (including phenoxy) is 2. The average Bonchev–Trinajstić information content (AvgIpc) is 3.27. The van der Waals surface area contributed by atoms with Crippen LogP contribution < -0.4 is 14.4 Å². The zero-order valence-corrected chi connectivity index (χ0v) is 17.7. The van der Waals surface area contributed by atoms with Crippen LogP contribution in [-0.4, -0.2) is 25.5 Å². The molecular weight excluding hydrogens is 423 g/mol. The van der Waals surface area contributed by atoms with Gasteiger partial charge in [-0.15, -0.1) is 0 Å². The molecular formula is C26H19FN2O4. The molecule has 0 radical (unpaired) electrons. The molecule has 0 fully saturated rings. The van der Waals surface area contributed by atoms with Gasteiger partial charge in [0.2, 0.25) is 0 Å². The van der Waals surface area contributed by atoms with Gasteiger partial charge in [0.1, 0.15) is 17.5 Å². The van der Waals surface area contributed by atoms with Gasteiger partial charge in [-0.3, -0.25) is 4.79 Å². The van der Waals surface area contributed by atoms with Gasteiger partial charge in [0.25, 0.3) is 5.91 Å². The molecule has 1 aliphatic heterocycles. The van der Waals surface area contributed by atoms with Crippen molar-refractivity contribution in [1.29, 1.82) is 5.26 Å². The molecule has 0 saturated carbocycles. The van der Waals surface area contributed by atoms with Crippen molar-refractivity contribution in [3.63, 3.8) is 0 Å². The molecule has 0 bridgehead atoms. The number of fused-ring (bicyclic) bond motifs is 1. The summed E-state index contributed by atoms with van der Waals surface area (Å²) >= 11 is 0. The summed E-state index contributed by atoms with van der Waals surface area (Å²) in [6.07, 6.45) is 2.21. The van der Waals surface area contributed by atoms with E-state index in [2.05, 4.69) is 0 Å². The van der Waals surface area contributed by atoms with E-state index in [0.29, 0.717) is 12.1 Å². The molecule has 1 heterocycles. The van der Waals surface area contributed by atoms with Gasteiger partial charge in [-0.2, -0.15) is 5.26 Å². The number of para-hydroxylation sites is 1. The molecule has 0 saturated heterocycles. The maximum atomic E-state index is 13.1. The van der Waals surface area contributed by atoms with Gasteiger partial charge in [0, 0.05) is 12.2 Å². The zero-order chi connectivity index (χ0) is 23.4. The number of hydrogen-bond donors (Lipinski definition) is 0. The Bertz CT molecular complexity index is 1290. The first kappa shape index (κ1) is 21.8. The Kier molecular flexibility index (Phi) is 6.18. The van der Waals surface area contributed by atoms with E-state index in [-0.39, 0.29) is 28.5 Å². The summed E-state index contributed by atoms with van der Waals surface area (Å²) in [4.78, 5) is 26.9. The SMILES string of the molecule is COc1cc(/C=C(\C#N)C(=O)N2CCc3ccccc32)ccc1OC(=O)c1ccc(F)cc1. The molecule has 0 spiro atoms. The maximum absolute atomic E-state index is 13.1. The lowest BCUT2D eigenvalue weighted by Crippen LogP contribution is -2.29. The number of carbonyl (C=O) groups is 2. The van der Waals surface area contributed by atoms with Crippen LogP contribution in [-0.2, 0) is 11.2 Å². The van der Waals surface area contributed by atoms with E-state index >= 15 is 0 Å². The van der Waals surface area contributed by atoms with Crippen LogP contribution in [0, 0.1) is 17.1 Å². The Balaban J connectivity index is 1.56. The standard InChI is InChI=1S/C26H19FN2O4/c1-32-24-15-17(6-11-23(24)33-26(31)19-7-9-21(27)10-8-19)14-20(16-28)25(30)29-13-12-18-4-2-3-5-22(18)29/h2-11,14-15H,12-13H2,1H3/b20-14+. The van der Waals surface area contributed by atoms with Crippen molar-refractivity contribution in [3.8, 4) is 17.6 Å². The molecule has 3 aromatic rings. The Labute approximate surface area is 190 Å². The van der Waals surface area contributed by atoms with Crippen molar-refractivity contribution in [3.05, 3.63) is 94.8 Å². The Morgan fingerprint density at radius 1 is 1.06 bits per heavy atom. The average molecular weight is 442 g/mol. The molecule has 0 N–H and O–H groups in total. The summed E-state index contributed by atoms with van der Waals surface area (Å²) in [5, 5.41) is 9.62. The number of carbonyl (C=O) groups excluding carboxylic acids is 2. The number of nitriles is 1. The highest BCUT2D eigenvalue weighted by molar-refractivity contribution is 6.12. The van der Waals surface area contributed by atoms with Crippen LogP contribution in [0.2, 0.25) is 0 Å². The molecule has 6 nitrogen and oxygen atoms in total. The first-order valence-electron chi connectivity index (χ1n) is 10.2. The zero-order valence-electron chi connectivity index (χ0n) is 17.7. The topological polar surface area (TPSA) is 79.6 Å². The number of anilines is 1. The normalized spacial score (nSPS) is 12.6. The van der Waals surface area contributed by atoms with Crippen LogP contribution in [0.3, 0.4) is 0 Å².